The fourth-order valence-corrected chi connectivity index (χ4v) is 3.63. The number of ether oxygens (including phenoxy) is 1. The maximum atomic E-state index is 8.97. The Bertz CT molecular complexity index is 470. The van der Waals surface area contributed by atoms with E-state index in [1.165, 1.54) is 19.3 Å². The molecule has 1 aromatic rings. The zero-order chi connectivity index (χ0) is 13.7. The van der Waals surface area contributed by atoms with Crippen LogP contribution in [0.4, 0.5) is 0 Å². The van der Waals surface area contributed by atoms with Crippen molar-refractivity contribution >= 4 is 11.8 Å². The summed E-state index contributed by atoms with van der Waals surface area (Å²) in [5.74, 6) is 0.852. The lowest BCUT2D eigenvalue weighted by atomic mass is 10.1. The summed E-state index contributed by atoms with van der Waals surface area (Å²) in [6, 6.07) is 8.33. The van der Waals surface area contributed by atoms with Gasteiger partial charge in [-0.05, 0) is 37.3 Å². The van der Waals surface area contributed by atoms with Gasteiger partial charge in [-0.2, -0.15) is 17.0 Å². The second kappa shape index (κ2) is 6.83. The number of nitrogens with one attached hydrogen (secondary N) is 1. The zero-order valence-corrected chi connectivity index (χ0v) is 12.3. The molecule has 0 radical (unpaired) electrons. The van der Waals surface area contributed by atoms with Gasteiger partial charge in [0.25, 0.3) is 0 Å². The van der Waals surface area contributed by atoms with Crippen LogP contribution < -0.4 is 10.1 Å². The van der Waals surface area contributed by atoms with E-state index in [0.29, 0.717) is 16.9 Å². The molecule has 102 valence electrons. The summed E-state index contributed by atoms with van der Waals surface area (Å²) in [7, 11) is 1.67. The van der Waals surface area contributed by atoms with E-state index in [2.05, 4.69) is 17.6 Å². The predicted octanol–water partition coefficient (Wildman–Crippen LogP) is 2.94. The maximum absolute atomic E-state index is 8.97. The Morgan fingerprint density at radius 3 is 3.00 bits per heavy atom. The Labute approximate surface area is 119 Å². The van der Waals surface area contributed by atoms with Gasteiger partial charge in [0.2, 0.25) is 0 Å². The molecule has 4 heteroatoms. The van der Waals surface area contributed by atoms with E-state index in [-0.39, 0.29) is 0 Å². The average Bonchev–Trinajstić information content (AvgIpc) is 2.92. The van der Waals surface area contributed by atoms with E-state index < -0.39 is 0 Å². The molecule has 1 fully saturated rings. The van der Waals surface area contributed by atoms with Crippen molar-refractivity contribution in [1.29, 1.82) is 5.26 Å². The summed E-state index contributed by atoms with van der Waals surface area (Å²) in [6.45, 7) is 0.764. The summed E-state index contributed by atoms with van der Waals surface area (Å²) in [4.78, 5) is 0. The predicted molar refractivity (Wildman–Crippen MR) is 79.5 cm³/mol. The quantitative estimate of drug-likeness (QED) is 0.898. The van der Waals surface area contributed by atoms with Crippen LogP contribution in [0.2, 0.25) is 0 Å². The summed E-state index contributed by atoms with van der Waals surface area (Å²) < 4.78 is 5.36. The first-order valence-corrected chi connectivity index (χ1v) is 7.90. The van der Waals surface area contributed by atoms with Crippen molar-refractivity contribution in [2.45, 2.75) is 37.1 Å². The minimum atomic E-state index is 0.574. The zero-order valence-electron chi connectivity index (χ0n) is 11.5. The lowest BCUT2D eigenvalue weighted by Gasteiger charge is -2.20. The van der Waals surface area contributed by atoms with Crippen LogP contribution in [-0.2, 0) is 6.54 Å². The molecule has 1 aromatic carbocycles. The minimum Gasteiger partial charge on any atom is -0.496 e. The van der Waals surface area contributed by atoms with E-state index in [9.17, 15) is 0 Å². The van der Waals surface area contributed by atoms with Crippen LogP contribution in [0.25, 0.3) is 0 Å². The number of nitriles is 1. The summed E-state index contributed by atoms with van der Waals surface area (Å²) in [6.07, 6.45) is 6.03. The largest absolute Gasteiger partial charge is 0.496 e. The first-order valence-electron chi connectivity index (χ1n) is 6.61. The lowest BCUT2D eigenvalue weighted by Crippen LogP contribution is -2.33. The van der Waals surface area contributed by atoms with Gasteiger partial charge in [-0.1, -0.05) is 6.42 Å². The van der Waals surface area contributed by atoms with E-state index >= 15 is 0 Å². The molecule has 2 unspecified atom stereocenters. The molecule has 0 amide bonds. The molecule has 19 heavy (non-hydrogen) atoms. The topological polar surface area (TPSA) is 45.0 Å². The van der Waals surface area contributed by atoms with Crippen LogP contribution in [0.5, 0.6) is 5.75 Å². The van der Waals surface area contributed by atoms with Crippen molar-refractivity contribution in [2.75, 3.05) is 13.4 Å². The van der Waals surface area contributed by atoms with Gasteiger partial charge in [0.1, 0.15) is 5.75 Å². The SMILES string of the molecule is COc1ccc(C#N)cc1CNC1CCCC1SC. The number of hydrogen-bond donors (Lipinski definition) is 1. The van der Waals surface area contributed by atoms with Gasteiger partial charge >= 0.3 is 0 Å². The van der Waals surface area contributed by atoms with Gasteiger partial charge < -0.3 is 10.1 Å². The van der Waals surface area contributed by atoms with Crippen molar-refractivity contribution in [1.82, 2.24) is 5.32 Å². The molecule has 0 aliphatic heterocycles. The highest BCUT2D eigenvalue weighted by Crippen LogP contribution is 2.29. The molecule has 0 saturated heterocycles. The standard InChI is InChI=1S/C15H20N2OS/c1-18-14-7-6-11(9-16)8-12(14)10-17-13-4-3-5-15(13)19-2/h6-8,13,15,17H,3-5,10H2,1-2H3. The van der Waals surface area contributed by atoms with Gasteiger partial charge in [-0.3, -0.25) is 0 Å². The summed E-state index contributed by atoms with van der Waals surface area (Å²) in [5, 5.41) is 13.3. The molecule has 1 saturated carbocycles. The summed E-state index contributed by atoms with van der Waals surface area (Å²) >= 11 is 1.95. The number of rotatable bonds is 5. The molecule has 1 N–H and O–H groups in total. The molecule has 3 nitrogen and oxygen atoms in total. The molecule has 0 heterocycles. The number of hydrogen-bond acceptors (Lipinski definition) is 4. The Balaban J connectivity index is 2.04. The first kappa shape index (κ1) is 14.2. The lowest BCUT2D eigenvalue weighted by molar-refractivity contribution is 0.405. The number of thioether (sulfide) groups is 1. The molecular weight excluding hydrogens is 256 g/mol. The minimum absolute atomic E-state index is 0.574. The third-order valence-electron chi connectivity index (χ3n) is 3.72. The molecule has 0 spiro atoms. The molecule has 0 aromatic heterocycles. The van der Waals surface area contributed by atoms with E-state index in [4.69, 9.17) is 10.00 Å². The first-order chi connectivity index (χ1) is 9.28. The number of nitrogens with zero attached hydrogens (tertiary/aromatic N) is 1. The van der Waals surface area contributed by atoms with Crippen molar-refractivity contribution in [3.8, 4) is 11.8 Å². The fourth-order valence-electron chi connectivity index (χ4n) is 2.67. The van der Waals surface area contributed by atoms with E-state index in [0.717, 1.165) is 17.9 Å². The normalized spacial score (nSPS) is 22.2. The monoisotopic (exact) mass is 276 g/mol. The van der Waals surface area contributed by atoms with Gasteiger partial charge in [-0.15, -0.1) is 0 Å². The van der Waals surface area contributed by atoms with E-state index in [1.54, 1.807) is 13.2 Å². The van der Waals surface area contributed by atoms with Crippen molar-refractivity contribution in [3.63, 3.8) is 0 Å². The maximum Gasteiger partial charge on any atom is 0.123 e. The highest BCUT2D eigenvalue weighted by atomic mass is 32.2. The molecule has 0 bridgehead atoms. The fraction of sp³-hybridized carbons (Fsp3) is 0.533. The van der Waals surface area contributed by atoms with Crippen molar-refractivity contribution in [2.24, 2.45) is 0 Å². The third-order valence-corrected chi connectivity index (χ3v) is 4.89. The third kappa shape index (κ3) is 3.43. The van der Waals surface area contributed by atoms with Crippen LogP contribution in [-0.4, -0.2) is 24.7 Å². The Morgan fingerprint density at radius 2 is 2.32 bits per heavy atom. The number of methoxy groups -OCH3 is 1. The van der Waals surface area contributed by atoms with Crippen LogP contribution in [0.15, 0.2) is 18.2 Å². The van der Waals surface area contributed by atoms with Gasteiger partial charge in [0.15, 0.2) is 0 Å². The highest BCUT2D eigenvalue weighted by Gasteiger charge is 2.25. The Morgan fingerprint density at radius 1 is 1.47 bits per heavy atom. The van der Waals surface area contributed by atoms with Gasteiger partial charge in [0, 0.05) is 23.4 Å². The molecule has 1 aliphatic rings. The van der Waals surface area contributed by atoms with Crippen LogP contribution in [0, 0.1) is 11.3 Å². The van der Waals surface area contributed by atoms with Gasteiger partial charge in [0.05, 0.1) is 18.7 Å². The van der Waals surface area contributed by atoms with Crippen LogP contribution >= 0.6 is 11.8 Å². The van der Waals surface area contributed by atoms with E-state index in [1.807, 2.05) is 23.9 Å². The number of benzene rings is 1. The second-order valence-corrected chi connectivity index (χ2v) is 5.91. The van der Waals surface area contributed by atoms with Crippen molar-refractivity contribution < 1.29 is 4.74 Å². The Kier molecular flexibility index (Phi) is 5.12. The Hall–Kier alpha value is -1.18. The smallest absolute Gasteiger partial charge is 0.123 e. The molecule has 2 rings (SSSR count). The summed E-state index contributed by atoms with van der Waals surface area (Å²) in [5.41, 5.74) is 1.75. The van der Waals surface area contributed by atoms with Crippen LogP contribution in [0.3, 0.4) is 0 Å². The highest BCUT2D eigenvalue weighted by molar-refractivity contribution is 7.99. The molecular formula is C15H20N2OS. The molecule has 1 aliphatic carbocycles. The van der Waals surface area contributed by atoms with Crippen molar-refractivity contribution in [3.05, 3.63) is 29.3 Å². The van der Waals surface area contributed by atoms with Gasteiger partial charge in [-0.25, -0.2) is 0 Å². The average molecular weight is 276 g/mol. The second-order valence-electron chi connectivity index (χ2n) is 4.83. The van der Waals surface area contributed by atoms with Crippen LogP contribution in [0.1, 0.15) is 30.4 Å². The molecule has 2 atom stereocenters.